The van der Waals surface area contributed by atoms with Gasteiger partial charge in [-0.05, 0) is 50.1 Å². The molecule has 5 nitrogen and oxygen atoms in total. The van der Waals surface area contributed by atoms with Gasteiger partial charge in [0.25, 0.3) is 5.91 Å². The first kappa shape index (κ1) is 16.6. The van der Waals surface area contributed by atoms with Gasteiger partial charge in [0, 0.05) is 30.4 Å². The zero-order chi connectivity index (χ0) is 17.1. The molecule has 1 fully saturated rings. The van der Waals surface area contributed by atoms with Crippen LogP contribution in [0.4, 0.5) is 5.82 Å². The van der Waals surface area contributed by atoms with Gasteiger partial charge < -0.3 is 15.3 Å². The van der Waals surface area contributed by atoms with E-state index in [2.05, 4.69) is 15.2 Å². The Balaban J connectivity index is 1.57. The van der Waals surface area contributed by atoms with Crippen LogP contribution >= 0.6 is 11.6 Å². The Morgan fingerprint density at radius 2 is 2.04 bits per heavy atom. The summed E-state index contributed by atoms with van der Waals surface area (Å²) in [4.78, 5) is 19.1. The van der Waals surface area contributed by atoms with E-state index >= 15 is 0 Å². The van der Waals surface area contributed by atoms with Crippen molar-refractivity contribution in [3.8, 4) is 5.75 Å². The molecule has 1 aromatic heterocycles. The number of carbonyl (C=O) groups is 1. The Hall–Kier alpha value is -2.27. The number of aromatic nitrogens is 1. The van der Waals surface area contributed by atoms with Crippen LogP contribution in [0.2, 0.25) is 5.02 Å². The fourth-order valence-electron chi connectivity index (χ4n) is 2.87. The molecule has 0 aliphatic carbocycles. The smallest absolute Gasteiger partial charge is 0.251 e. The van der Waals surface area contributed by atoms with E-state index in [-0.39, 0.29) is 22.7 Å². The highest BCUT2D eigenvalue weighted by molar-refractivity contribution is 6.32. The van der Waals surface area contributed by atoms with Gasteiger partial charge in [-0.2, -0.15) is 0 Å². The van der Waals surface area contributed by atoms with E-state index in [0.29, 0.717) is 5.56 Å². The van der Waals surface area contributed by atoms with Gasteiger partial charge in [0.05, 0.1) is 5.02 Å². The summed E-state index contributed by atoms with van der Waals surface area (Å²) in [7, 11) is 0. The molecule has 0 spiro atoms. The summed E-state index contributed by atoms with van der Waals surface area (Å²) in [5.74, 6) is 0.807. The van der Waals surface area contributed by atoms with Crippen LogP contribution in [0.25, 0.3) is 0 Å². The lowest BCUT2D eigenvalue weighted by Gasteiger charge is -2.33. The maximum atomic E-state index is 12.3. The number of benzene rings is 1. The summed E-state index contributed by atoms with van der Waals surface area (Å²) >= 11 is 5.86. The van der Waals surface area contributed by atoms with Crippen LogP contribution in [-0.4, -0.2) is 35.1 Å². The van der Waals surface area contributed by atoms with Crippen LogP contribution in [0.15, 0.2) is 36.4 Å². The molecule has 1 aliphatic heterocycles. The van der Waals surface area contributed by atoms with Crippen LogP contribution in [0.5, 0.6) is 5.75 Å². The second kappa shape index (κ2) is 7.09. The minimum absolute atomic E-state index is 0.0211. The van der Waals surface area contributed by atoms with E-state index in [0.717, 1.165) is 37.4 Å². The zero-order valence-corrected chi connectivity index (χ0v) is 14.3. The monoisotopic (exact) mass is 345 g/mol. The Labute approximate surface area is 146 Å². The molecule has 24 heavy (non-hydrogen) atoms. The maximum absolute atomic E-state index is 12.3. The number of pyridine rings is 1. The van der Waals surface area contributed by atoms with Crippen LogP contribution in [0.3, 0.4) is 0 Å². The lowest BCUT2D eigenvalue weighted by molar-refractivity contribution is 0.0931. The third kappa shape index (κ3) is 3.79. The van der Waals surface area contributed by atoms with Gasteiger partial charge in [0.1, 0.15) is 11.6 Å². The van der Waals surface area contributed by atoms with E-state index in [4.69, 9.17) is 11.6 Å². The molecular weight excluding hydrogens is 326 g/mol. The van der Waals surface area contributed by atoms with Crippen molar-refractivity contribution in [3.05, 3.63) is 52.7 Å². The third-order valence-corrected chi connectivity index (χ3v) is 4.54. The number of halogens is 1. The predicted octanol–water partition coefficient (Wildman–Crippen LogP) is 3.15. The van der Waals surface area contributed by atoms with Gasteiger partial charge >= 0.3 is 0 Å². The van der Waals surface area contributed by atoms with Crippen LogP contribution in [0.1, 0.15) is 28.9 Å². The van der Waals surface area contributed by atoms with Crippen molar-refractivity contribution < 1.29 is 9.90 Å². The van der Waals surface area contributed by atoms with Crippen molar-refractivity contribution in [2.45, 2.75) is 25.8 Å². The molecule has 126 valence electrons. The summed E-state index contributed by atoms with van der Waals surface area (Å²) in [6.07, 6.45) is 1.74. The maximum Gasteiger partial charge on any atom is 0.251 e. The molecule has 1 aromatic carbocycles. The van der Waals surface area contributed by atoms with Crippen molar-refractivity contribution in [1.29, 1.82) is 0 Å². The number of hydrogen-bond acceptors (Lipinski definition) is 4. The number of aromatic hydroxyl groups is 1. The number of nitrogens with one attached hydrogen (secondary N) is 1. The first-order valence-corrected chi connectivity index (χ1v) is 8.39. The normalized spacial score (nSPS) is 15.3. The van der Waals surface area contributed by atoms with Gasteiger partial charge in [-0.1, -0.05) is 17.7 Å². The van der Waals surface area contributed by atoms with Gasteiger partial charge in [-0.3, -0.25) is 4.79 Å². The number of carbonyl (C=O) groups excluding carboxylic acids is 1. The predicted molar refractivity (Wildman–Crippen MR) is 94.8 cm³/mol. The molecule has 6 heteroatoms. The molecule has 2 heterocycles. The van der Waals surface area contributed by atoms with E-state index in [1.807, 2.05) is 25.1 Å². The van der Waals surface area contributed by atoms with Gasteiger partial charge in [-0.25, -0.2) is 4.98 Å². The molecule has 2 N–H and O–H groups in total. The van der Waals surface area contributed by atoms with Crippen LogP contribution < -0.4 is 10.2 Å². The van der Waals surface area contributed by atoms with E-state index in [1.165, 1.54) is 12.1 Å². The van der Waals surface area contributed by atoms with Crippen molar-refractivity contribution in [1.82, 2.24) is 10.3 Å². The van der Waals surface area contributed by atoms with Gasteiger partial charge in [0.15, 0.2) is 0 Å². The number of anilines is 1. The Morgan fingerprint density at radius 1 is 1.29 bits per heavy atom. The van der Waals surface area contributed by atoms with Crippen molar-refractivity contribution in [3.63, 3.8) is 0 Å². The molecule has 2 aromatic rings. The van der Waals surface area contributed by atoms with Gasteiger partial charge in [0.2, 0.25) is 0 Å². The number of phenols is 1. The fourth-order valence-corrected chi connectivity index (χ4v) is 3.06. The van der Waals surface area contributed by atoms with E-state index in [9.17, 15) is 9.90 Å². The molecular formula is C18H20ClN3O2. The number of phenolic OH excluding ortho intramolecular Hbond substituents is 1. The Morgan fingerprint density at radius 3 is 2.71 bits per heavy atom. The quantitative estimate of drug-likeness (QED) is 0.896. The summed E-state index contributed by atoms with van der Waals surface area (Å²) in [6, 6.07) is 10.6. The standard InChI is InChI=1S/C18H20ClN3O2/c1-12-3-2-4-17(20-12)22-9-7-14(8-10-22)21-18(24)13-5-6-16(23)15(19)11-13/h2-6,11,14,23H,7-10H2,1H3,(H,21,24). The molecule has 0 bridgehead atoms. The van der Waals surface area contributed by atoms with Crippen molar-refractivity contribution >= 4 is 23.3 Å². The lowest BCUT2D eigenvalue weighted by atomic mass is 10.0. The molecule has 0 saturated carbocycles. The number of aryl methyl sites for hydroxylation is 1. The van der Waals surface area contributed by atoms with Gasteiger partial charge in [-0.15, -0.1) is 0 Å². The minimum atomic E-state index is -0.163. The SMILES string of the molecule is Cc1cccc(N2CCC(NC(=O)c3ccc(O)c(Cl)c3)CC2)n1. The molecule has 0 radical (unpaired) electrons. The highest BCUT2D eigenvalue weighted by Gasteiger charge is 2.22. The summed E-state index contributed by atoms with van der Waals surface area (Å²) in [5.41, 5.74) is 1.47. The Kier molecular flexibility index (Phi) is 4.90. The summed E-state index contributed by atoms with van der Waals surface area (Å²) < 4.78 is 0. The minimum Gasteiger partial charge on any atom is -0.506 e. The molecule has 3 rings (SSSR count). The number of nitrogens with zero attached hydrogens (tertiary/aromatic N) is 2. The highest BCUT2D eigenvalue weighted by Crippen LogP contribution is 2.24. The molecule has 1 saturated heterocycles. The van der Waals surface area contributed by atoms with Crippen molar-refractivity contribution in [2.24, 2.45) is 0 Å². The fraction of sp³-hybridized carbons (Fsp3) is 0.333. The second-order valence-electron chi connectivity index (χ2n) is 6.04. The summed E-state index contributed by atoms with van der Waals surface area (Å²) in [5, 5.41) is 12.7. The molecule has 0 unspecified atom stereocenters. The third-order valence-electron chi connectivity index (χ3n) is 4.24. The first-order valence-electron chi connectivity index (χ1n) is 8.01. The number of hydrogen-bond donors (Lipinski definition) is 2. The topological polar surface area (TPSA) is 65.5 Å². The second-order valence-corrected chi connectivity index (χ2v) is 6.45. The van der Waals surface area contributed by atoms with Crippen LogP contribution in [-0.2, 0) is 0 Å². The average molecular weight is 346 g/mol. The number of rotatable bonds is 3. The average Bonchev–Trinajstić information content (AvgIpc) is 2.58. The Bertz CT molecular complexity index is 743. The molecule has 1 aliphatic rings. The first-order chi connectivity index (χ1) is 11.5. The zero-order valence-electron chi connectivity index (χ0n) is 13.5. The summed E-state index contributed by atoms with van der Waals surface area (Å²) in [6.45, 7) is 3.70. The van der Waals surface area contributed by atoms with Crippen LogP contribution in [0, 0.1) is 6.92 Å². The number of piperidine rings is 1. The molecule has 0 atom stereocenters. The number of amides is 1. The lowest BCUT2D eigenvalue weighted by Crippen LogP contribution is -2.45. The van der Waals surface area contributed by atoms with E-state index < -0.39 is 0 Å². The largest absolute Gasteiger partial charge is 0.506 e. The van der Waals surface area contributed by atoms with E-state index in [1.54, 1.807) is 6.07 Å². The molecule has 1 amide bonds. The van der Waals surface area contributed by atoms with Crippen molar-refractivity contribution in [2.75, 3.05) is 18.0 Å². The highest BCUT2D eigenvalue weighted by atomic mass is 35.5.